The lowest BCUT2D eigenvalue weighted by Gasteiger charge is -2.41. The van der Waals surface area contributed by atoms with Gasteiger partial charge in [0.2, 0.25) is 10.0 Å². The van der Waals surface area contributed by atoms with Crippen molar-refractivity contribution in [3.8, 4) is 0 Å². The van der Waals surface area contributed by atoms with E-state index in [4.69, 9.17) is 12.2 Å². The first-order chi connectivity index (χ1) is 17.4. The zero-order valence-corrected chi connectivity index (χ0v) is 23.2. The van der Waals surface area contributed by atoms with Crippen molar-refractivity contribution < 1.29 is 8.42 Å². The van der Waals surface area contributed by atoms with Gasteiger partial charge in [0.05, 0.1) is 29.6 Å². The third-order valence-electron chi connectivity index (χ3n) is 7.13. The Labute approximate surface area is 224 Å². The SMILES string of the molecule is CC1=CC(C)(C)N(C)c2ccc([C@@H]3[C@@H](c4ccccn4)NC(=S)N3c3ccc(NS(C)(=O)=O)cc3)cc21. The summed E-state index contributed by atoms with van der Waals surface area (Å²) < 4.78 is 25.9. The van der Waals surface area contributed by atoms with Crippen molar-refractivity contribution >= 4 is 50.0 Å². The third kappa shape index (κ3) is 4.81. The number of likely N-dealkylation sites (N-methyl/N-ethyl adjacent to an activating group) is 1. The minimum Gasteiger partial charge on any atom is -0.366 e. The Balaban J connectivity index is 1.61. The van der Waals surface area contributed by atoms with Gasteiger partial charge in [-0.15, -0.1) is 0 Å². The Morgan fingerprint density at radius 1 is 1.08 bits per heavy atom. The quantitative estimate of drug-likeness (QED) is 0.433. The molecule has 0 unspecified atom stereocenters. The summed E-state index contributed by atoms with van der Waals surface area (Å²) in [7, 11) is -1.24. The number of anilines is 3. The van der Waals surface area contributed by atoms with E-state index in [0.29, 0.717) is 10.8 Å². The standard InChI is InChI=1S/C28H31N5O2S2/c1-18-17-28(2,3)32(4)24-14-9-19(16-22(18)24)26-25(23-8-6-7-15-29-23)30-27(36)33(26)21-12-10-20(11-13-21)31-37(5,34)35/h6-17,25-26,31H,1-5H3,(H,30,36)/t25-,26-/m1/s1. The fourth-order valence-electron chi connectivity index (χ4n) is 5.24. The van der Waals surface area contributed by atoms with Gasteiger partial charge in [-0.1, -0.05) is 18.2 Å². The van der Waals surface area contributed by atoms with Crippen LogP contribution in [0.2, 0.25) is 0 Å². The maximum Gasteiger partial charge on any atom is 0.229 e. The van der Waals surface area contributed by atoms with Gasteiger partial charge in [-0.3, -0.25) is 9.71 Å². The molecule has 2 N–H and O–H groups in total. The van der Waals surface area contributed by atoms with Crippen LogP contribution < -0.4 is 19.8 Å². The molecule has 0 aliphatic carbocycles. The molecule has 2 aliphatic rings. The van der Waals surface area contributed by atoms with Crippen molar-refractivity contribution in [3.05, 3.63) is 89.8 Å². The van der Waals surface area contributed by atoms with E-state index in [9.17, 15) is 8.42 Å². The Kier molecular flexibility index (Phi) is 6.24. The molecule has 2 atom stereocenters. The Hall–Kier alpha value is -3.43. The number of nitrogens with one attached hydrogen (secondary N) is 2. The second kappa shape index (κ2) is 9.15. The van der Waals surface area contributed by atoms with E-state index < -0.39 is 10.0 Å². The topological polar surface area (TPSA) is 77.6 Å². The van der Waals surface area contributed by atoms with Crippen LogP contribution in [0.5, 0.6) is 0 Å². The van der Waals surface area contributed by atoms with E-state index in [-0.39, 0.29) is 17.6 Å². The zero-order chi connectivity index (χ0) is 26.5. The van der Waals surface area contributed by atoms with E-state index in [1.165, 1.54) is 16.8 Å². The zero-order valence-electron chi connectivity index (χ0n) is 21.6. The summed E-state index contributed by atoms with van der Waals surface area (Å²) in [6.45, 7) is 6.60. The van der Waals surface area contributed by atoms with Gasteiger partial charge in [0.1, 0.15) is 0 Å². The molecule has 9 heteroatoms. The predicted molar refractivity (Wildman–Crippen MR) is 155 cm³/mol. The van der Waals surface area contributed by atoms with Crippen LogP contribution in [0.25, 0.3) is 5.57 Å². The van der Waals surface area contributed by atoms with Crippen LogP contribution in [-0.4, -0.2) is 37.4 Å². The largest absolute Gasteiger partial charge is 0.366 e. The molecule has 3 heterocycles. The summed E-state index contributed by atoms with van der Waals surface area (Å²) in [6.07, 6.45) is 5.24. The van der Waals surface area contributed by atoms with Gasteiger partial charge in [0.25, 0.3) is 0 Å². The highest BCUT2D eigenvalue weighted by atomic mass is 32.2. The lowest BCUT2D eigenvalue weighted by molar-refractivity contribution is 0.566. The summed E-state index contributed by atoms with van der Waals surface area (Å²) in [5.41, 5.74) is 6.94. The fourth-order valence-corrected chi connectivity index (χ4v) is 6.15. The van der Waals surface area contributed by atoms with Crippen molar-refractivity contribution in [3.63, 3.8) is 0 Å². The van der Waals surface area contributed by atoms with Crippen LogP contribution in [0.3, 0.4) is 0 Å². The Morgan fingerprint density at radius 2 is 1.81 bits per heavy atom. The molecule has 37 heavy (non-hydrogen) atoms. The third-order valence-corrected chi connectivity index (χ3v) is 8.05. The number of fused-ring (bicyclic) bond motifs is 1. The van der Waals surface area contributed by atoms with E-state index in [0.717, 1.165) is 23.2 Å². The van der Waals surface area contributed by atoms with Gasteiger partial charge in [-0.25, -0.2) is 8.42 Å². The van der Waals surface area contributed by atoms with Crippen LogP contribution in [0.4, 0.5) is 17.1 Å². The van der Waals surface area contributed by atoms with Gasteiger partial charge < -0.3 is 15.1 Å². The molecule has 2 aliphatic heterocycles. The van der Waals surface area contributed by atoms with E-state index in [1.807, 2.05) is 30.3 Å². The van der Waals surface area contributed by atoms with Gasteiger partial charge >= 0.3 is 0 Å². The summed E-state index contributed by atoms with van der Waals surface area (Å²) in [6, 6.07) is 19.5. The normalized spacial score (nSPS) is 20.8. The van der Waals surface area contributed by atoms with Gasteiger partial charge in [0, 0.05) is 35.9 Å². The molecule has 0 spiro atoms. The molecule has 3 aromatic rings. The highest BCUT2D eigenvalue weighted by Crippen LogP contribution is 2.45. The van der Waals surface area contributed by atoms with E-state index in [1.54, 1.807) is 18.3 Å². The maximum absolute atomic E-state index is 11.7. The molecule has 2 aromatic carbocycles. The number of hydrogen-bond acceptors (Lipinski definition) is 5. The number of benzene rings is 2. The number of thiocarbonyl (C=S) groups is 1. The Bertz CT molecular complexity index is 1480. The van der Waals surface area contributed by atoms with Crippen molar-refractivity contribution in [1.29, 1.82) is 0 Å². The first-order valence-electron chi connectivity index (χ1n) is 12.1. The summed E-state index contributed by atoms with van der Waals surface area (Å²) in [5.74, 6) is 0. The van der Waals surface area contributed by atoms with E-state index in [2.05, 4.69) is 76.9 Å². The number of aromatic nitrogens is 1. The molecule has 192 valence electrons. The lowest BCUT2D eigenvalue weighted by Crippen LogP contribution is -2.42. The monoisotopic (exact) mass is 533 g/mol. The van der Waals surface area contributed by atoms with E-state index >= 15 is 0 Å². The highest BCUT2D eigenvalue weighted by molar-refractivity contribution is 7.92. The van der Waals surface area contributed by atoms with Gasteiger partial charge in [-0.2, -0.15) is 0 Å². The van der Waals surface area contributed by atoms with Gasteiger partial charge in [-0.05, 0) is 92.7 Å². The van der Waals surface area contributed by atoms with Crippen LogP contribution in [0.15, 0.2) is 72.9 Å². The number of sulfonamides is 1. The van der Waals surface area contributed by atoms with Crippen LogP contribution in [0, 0.1) is 0 Å². The number of hydrogen-bond donors (Lipinski definition) is 2. The Morgan fingerprint density at radius 3 is 2.46 bits per heavy atom. The summed E-state index contributed by atoms with van der Waals surface area (Å²) in [4.78, 5) is 9.04. The molecule has 1 saturated heterocycles. The highest BCUT2D eigenvalue weighted by Gasteiger charge is 2.41. The first-order valence-corrected chi connectivity index (χ1v) is 14.4. The second-order valence-corrected chi connectivity index (χ2v) is 12.4. The molecule has 1 fully saturated rings. The molecule has 0 amide bonds. The van der Waals surface area contributed by atoms with Crippen LogP contribution in [-0.2, 0) is 10.0 Å². The summed E-state index contributed by atoms with van der Waals surface area (Å²) >= 11 is 5.85. The smallest absolute Gasteiger partial charge is 0.229 e. The van der Waals surface area contributed by atoms with Crippen molar-refractivity contribution in [2.75, 3.05) is 27.8 Å². The minimum atomic E-state index is -3.36. The average molecular weight is 534 g/mol. The molecule has 0 radical (unpaired) electrons. The maximum atomic E-state index is 11.7. The average Bonchev–Trinajstić information content (AvgIpc) is 3.19. The van der Waals surface area contributed by atoms with Crippen LogP contribution >= 0.6 is 12.2 Å². The number of allylic oxidation sites excluding steroid dienone is 1. The first kappa shape index (κ1) is 25.2. The van der Waals surface area contributed by atoms with Crippen LogP contribution in [0.1, 0.15) is 49.7 Å². The number of nitrogens with zero attached hydrogens (tertiary/aromatic N) is 3. The fraction of sp³-hybridized carbons (Fsp3) is 0.286. The van der Waals surface area contributed by atoms with Crippen molar-refractivity contribution in [1.82, 2.24) is 10.3 Å². The molecular formula is C28H31N5O2S2. The molecule has 7 nitrogen and oxygen atoms in total. The number of pyridine rings is 1. The van der Waals surface area contributed by atoms with Crippen molar-refractivity contribution in [2.24, 2.45) is 0 Å². The van der Waals surface area contributed by atoms with Crippen molar-refractivity contribution in [2.45, 2.75) is 38.4 Å². The molecule has 1 aromatic heterocycles. The van der Waals surface area contributed by atoms with Gasteiger partial charge in [0.15, 0.2) is 5.11 Å². The second-order valence-electron chi connectivity index (χ2n) is 10.2. The molecule has 0 saturated carbocycles. The minimum absolute atomic E-state index is 0.0701. The molecular weight excluding hydrogens is 502 g/mol. The number of rotatable bonds is 5. The molecule has 5 rings (SSSR count). The predicted octanol–water partition coefficient (Wildman–Crippen LogP) is 5.26. The lowest BCUT2D eigenvalue weighted by atomic mass is 9.86. The molecule has 0 bridgehead atoms. The summed E-state index contributed by atoms with van der Waals surface area (Å²) in [5, 5.41) is 4.08.